The van der Waals surface area contributed by atoms with Crippen LogP contribution < -0.4 is 9.64 Å². The SMILES string of the molecule is COc1cccc2c1CCN(c1ccccc1)C2=O. The fraction of sp³-hybridized carbons (Fsp3) is 0.188. The molecule has 1 aliphatic rings. The van der Waals surface area contributed by atoms with E-state index in [9.17, 15) is 4.79 Å². The molecule has 1 aliphatic heterocycles. The minimum absolute atomic E-state index is 0.0475. The molecule has 3 heteroatoms. The molecular formula is C16H15NO2. The highest BCUT2D eigenvalue weighted by Gasteiger charge is 2.27. The van der Waals surface area contributed by atoms with Crippen molar-refractivity contribution in [2.45, 2.75) is 6.42 Å². The van der Waals surface area contributed by atoms with E-state index in [1.54, 1.807) is 7.11 Å². The van der Waals surface area contributed by atoms with Crippen LogP contribution >= 0.6 is 0 Å². The molecule has 19 heavy (non-hydrogen) atoms. The van der Waals surface area contributed by atoms with Crippen LogP contribution in [0.5, 0.6) is 5.75 Å². The van der Waals surface area contributed by atoms with Gasteiger partial charge in [-0.2, -0.15) is 0 Å². The molecule has 0 spiro atoms. The topological polar surface area (TPSA) is 29.5 Å². The highest BCUT2D eigenvalue weighted by molar-refractivity contribution is 6.08. The zero-order chi connectivity index (χ0) is 13.2. The maximum absolute atomic E-state index is 12.6. The molecule has 0 unspecified atom stereocenters. The molecule has 3 nitrogen and oxygen atoms in total. The van der Waals surface area contributed by atoms with Gasteiger partial charge in [-0.05, 0) is 30.7 Å². The van der Waals surface area contributed by atoms with Crippen LogP contribution in [-0.2, 0) is 6.42 Å². The number of anilines is 1. The third-order valence-corrected chi connectivity index (χ3v) is 3.48. The van der Waals surface area contributed by atoms with Crippen LogP contribution in [0, 0.1) is 0 Å². The van der Waals surface area contributed by atoms with E-state index >= 15 is 0 Å². The molecule has 96 valence electrons. The van der Waals surface area contributed by atoms with Gasteiger partial charge in [0, 0.05) is 23.4 Å². The van der Waals surface area contributed by atoms with Crippen molar-refractivity contribution in [3.63, 3.8) is 0 Å². The van der Waals surface area contributed by atoms with Gasteiger partial charge in [0.2, 0.25) is 0 Å². The van der Waals surface area contributed by atoms with Gasteiger partial charge in [0.15, 0.2) is 0 Å². The maximum Gasteiger partial charge on any atom is 0.258 e. The van der Waals surface area contributed by atoms with E-state index in [1.807, 2.05) is 53.4 Å². The summed E-state index contributed by atoms with van der Waals surface area (Å²) in [5.41, 5.74) is 2.71. The molecule has 0 radical (unpaired) electrons. The number of hydrogen-bond donors (Lipinski definition) is 0. The van der Waals surface area contributed by atoms with Crippen LogP contribution in [0.15, 0.2) is 48.5 Å². The van der Waals surface area contributed by atoms with Gasteiger partial charge in [-0.25, -0.2) is 0 Å². The molecule has 2 aromatic rings. The van der Waals surface area contributed by atoms with Crippen LogP contribution in [0.3, 0.4) is 0 Å². The van der Waals surface area contributed by atoms with Gasteiger partial charge in [0.05, 0.1) is 7.11 Å². The Morgan fingerprint density at radius 1 is 1.05 bits per heavy atom. The van der Waals surface area contributed by atoms with E-state index in [0.717, 1.165) is 29.0 Å². The number of carbonyl (C=O) groups excluding carboxylic acids is 1. The quantitative estimate of drug-likeness (QED) is 0.823. The van der Waals surface area contributed by atoms with Crippen molar-refractivity contribution < 1.29 is 9.53 Å². The van der Waals surface area contributed by atoms with Crippen molar-refractivity contribution in [1.82, 2.24) is 0 Å². The Labute approximate surface area is 112 Å². The maximum atomic E-state index is 12.6. The Morgan fingerprint density at radius 3 is 2.58 bits per heavy atom. The number of benzene rings is 2. The molecule has 0 fully saturated rings. The zero-order valence-corrected chi connectivity index (χ0v) is 10.8. The van der Waals surface area contributed by atoms with Gasteiger partial charge in [0.25, 0.3) is 5.91 Å². The molecule has 0 bridgehead atoms. The van der Waals surface area contributed by atoms with Gasteiger partial charge in [-0.1, -0.05) is 24.3 Å². The van der Waals surface area contributed by atoms with Crippen molar-refractivity contribution in [2.75, 3.05) is 18.6 Å². The number of carbonyl (C=O) groups is 1. The Morgan fingerprint density at radius 2 is 1.84 bits per heavy atom. The van der Waals surface area contributed by atoms with E-state index in [1.165, 1.54) is 0 Å². The molecule has 0 aliphatic carbocycles. The smallest absolute Gasteiger partial charge is 0.258 e. The Kier molecular flexibility index (Phi) is 2.95. The number of methoxy groups -OCH3 is 1. The fourth-order valence-corrected chi connectivity index (χ4v) is 2.54. The molecular weight excluding hydrogens is 238 g/mol. The van der Waals surface area contributed by atoms with Gasteiger partial charge in [-0.3, -0.25) is 4.79 Å². The minimum atomic E-state index is 0.0475. The molecule has 0 saturated heterocycles. The standard InChI is InChI=1S/C16H15NO2/c1-19-15-9-5-8-14-13(15)10-11-17(16(14)18)12-6-3-2-4-7-12/h2-9H,10-11H2,1H3. The number of fused-ring (bicyclic) bond motifs is 1. The largest absolute Gasteiger partial charge is 0.496 e. The lowest BCUT2D eigenvalue weighted by Crippen LogP contribution is -2.37. The number of ether oxygens (including phenoxy) is 1. The first-order valence-corrected chi connectivity index (χ1v) is 6.34. The molecule has 0 N–H and O–H groups in total. The van der Waals surface area contributed by atoms with Crippen LogP contribution in [0.2, 0.25) is 0 Å². The van der Waals surface area contributed by atoms with Crippen LogP contribution in [0.25, 0.3) is 0 Å². The number of nitrogens with zero attached hydrogens (tertiary/aromatic N) is 1. The molecule has 3 rings (SSSR count). The second-order valence-corrected chi connectivity index (χ2v) is 4.53. The Hall–Kier alpha value is -2.29. The Bertz CT molecular complexity index is 607. The zero-order valence-electron chi connectivity index (χ0n) is 10.8. The average molecular weight is 253 g/mol. The first-order valence-electron chi connectivity index (χ1n) is 6.34. The molecule has 0 aromatic heterocycles. The molecule has 1 heterocycles. The summed E-state index contributed by atoms with van der Waals surface area (Å²) in [7, 11) is 1.64. The van der Waals surface area contributed by atoms with Gasteiger partial charge in [-0.15, -0.1) is 0 Å². The van der Waals surface area contributed by atoms with Gasteiger partial charge < -0.3 is 9.64 Å². The third kappa shape index (κ3) is 1.97. The normalized spacial score (nSPS) is 14.2. The first kappa shape index (κ1) is 11.8. The van der Waals surface area contributed by atoms with Gasteiger partial charge in [0.1, 0.15) is 5.75 Å². The second-order valence-electron chi connectivity index (χ2n) is 4.53. The van der Waals surface area contributed by atoms with Gasteiger partial charge >= 0.3 is 0 Å². The molecule has 2 aromatic carbocycles. The lowest BCUT2D eigenvalue weighted by Gasteiger charge is -2.29. The van der Waals surface area contributed by atoms with E-state index in [2.05, 4.69) is 0 Å². The summed E-state index contributed by atoms with van der Waals surface area (Å²) in [4.78, 5) is 14.4. The van der Waals surface area contributed by atoms with E-state index in [-0.39, 0.29) is 5.91 Å². The summed E-state index contributed by atoms with van der Waals surface area (Å²) < 4.78 is 5.33. The van der Waals surface area contributed by atoms with E-state index in [4.69, 9.17) is 4.74 Å². The predicted octanol–water partition coefficient (Wildman–Crippen LogP) is 2.90. The van der Waals surface area contributed by atoms with Crippen LogP contribution in [-0.4, -0.2) is 19.6 Å². The lowest BCUT2D eigenvalue weighted by atomic mass is 9.97. The van der Waals surface area contributed by atoms with Crippen LogP contribution in [0.4, 0.5) is 5.69 Å². The highest BCUT2D eigenvalue weighted by atomic mass is 16.5. The van der Waals surface area contributed by atoms with Crippen molar-refractivity contribution in [1.29, 1.82) is 0 Å². The lowest BCUT2D eigenvalue weighted by molar-refractivity contribution is 0.0980. The van der Waals surface area contributed by atoms with Crippen LogP contribution in [0.1, 0.15) is 15.9 Å². The summed E-state index contributed by atoms with van der Waals surface area (Å²) in [5, 5.41) is 0. The van der Waals surface area contributed by atoms with Crippen molar-refractivity contribution in [3.05, 3.63) is 59.7 Å². The molecule has 1 amide bonds. The van der Waals surface area contributed by atoms with E-state index < -0.39 is 0 Å². The number of rotatable bonds is 2. The molecule has 0 saturated carbocycles. The fourth-order valence-electron chi connectivity index (χ4n) is 2.54. The van der Waals surface area contributed by atoms with Crippen molar-refractivity contribution in [3.8, 4) is 5.75 Å². The first-order chi connectivity index (χ1) is 9.31. The van der Waals surface area contributed by atoms with Crippen molar-refractivity contribution >= 4 is 11.6 Å². The Balaban J connectivity index is 2.01. The summed E-state index contributed by atoms with van der Waals surface area (Å²) in [5.74, 6) is 0.852. The highest BCUT2D eigenvalue weighted by Crippen LogP contribution is 2.30. The van der Waals surface area contributed by atoms with E-state index in [0.29, 0.717) is 6.54 Å². The minimum Gasteiger partial charge on any atom is -0.496 e. The average Bonchev–Trinajstić information content (AvgIpc) is 2.48. The summed E-state index contributed by atoms with van der Waals surface area (Å²) in [6, 6.07) is 15.4. The summed E-state index contributed by atoms with van der Waals surface area (Å²) in [6.45, 7) is 0.691. The third-order valence-electron chi connectivity index (χ3n) is 3.48. The van der Waals surface area contributed by atoms with Crippen molar-refractivity contribution in [2.24, 2.45) is 0 Å². The number of hydrogen-bond acceptors (Lipinski definition) is 2. The summed E-state index contributed by atoms with van der Waals surface area (Å²) >= 11 is 0. The second kappa shape index (κ2) is 4.76. The monoisotopic (exact) mass is 253 g/mol. The summed E-state index contributed by atoms with van der Waals surface area (Å²) in [6.07, 6.45) is 0.819. The number of amides is 1. The molecule has 0 atom stereocenters. The predicted molar refractivity (Wildman–Crippen MR) is 74.8 cm³/mol. The number of para-hydroxylation sites is 1.